The van der Waals surface area contributed by atoms with E-state index < -0.39 is 17.3 Å². The fourth-order valence-electron chi connectivity index (χ4n) is 1.73. The first kappa shape index (κ1) is 13.0. The largest absolute Gasteiger partial charge is 0.471 e. The third-order valence-electron chi connectivity index (χ3n) is 2.81. The molecule has 1 atom stereocenters. The number of halogens is 1. The third-order valence-corrected chi connectivity index (χ3v) is 2.81. The number of hydrogen-bond acceptors (Lipinski definition) is 3. The minimum absolute atomic E-state index is 0.0892. The fraction of sp³-hybridized carbons (Fsp3) is 0.143. The molecule has 0 aliphatic heterocycles. The summed E-state index contributed by atoms with van der Waals surface area (Å²) in [6, 6.07) is 9.14. The van der Waals surface area contributed by atoms with Gasteiger partial charge in [-0.1, -0.05) is 18.2 Å². The molecule has 5 heteroatoms. The number of hydrogen-bond donors (Lipinski definition) is 1. The summed E-state index contributed by atoms with van der Waals surface area (Å²) in [5.74, 6) is -0.985. The van der Waals surface area contributed by atoms with Gasteiger partial charge in [-0.3, -0.25) is 9.78 Å². The molecule has 0 spiro atoms. The van der Waals surface area contributed by atoms with Crippen LogP contribution in [0.15, 0.2) is 48.8 Å². The van der Waals surface area contributed by atoms with Crippen molar-refractivity contribution in [2.45, 2.75) is 12.5 Å². The molecule has 2 rings (SSSR count). The SMILES string of the molecule is CC(Oc1cccnc1)(C(N)=O)c1ccccc1F. The zero-order valence-corrected chi connectivity index (χ0v) is 10.3. The predicted molar refractivity (Wildman–Crippen MR) is 67.8 cm³/mol. The Bertz CT molecular complexity index is 589. The highest BCUT2D eigenvalue weighted by Gasteiger charge is 2.38. The average molecular weight is 260 g/mol. The van der Waals surface area contributed by atoms with Gasteiger partial charge >= 0.3 is 0 Å². The molecule has 0 saturated carbocycles. The summed E-state index contributed by atoms with van der Waals surface area (Å²) < 4.78 is 19.4. The van der Waals surface area contributed by atoms with Crippen LogP contribution in [0.25, 0.3) is 0 Å². The molecule has 2 N–H and O–H groups in total. The van der Waals surface area contributed by atoms with Gasteiger partial charge in [-0.2, -0.15) is 0 Å². The highest BCUT2D eigenvalue weighted by Crippen LogP contribution is 2.29. The predicted octanol–water partition coefficient (Wildman–Crippen LogP) is 2.00. The van der Waals surface area contributed by atoms with Crippen LogP contribution in [-0.2, 0) is 10.4 Å². The van der Waals surface area contributed by atoms with Gasteiger partial charge in [0.1, 0.15) is 11.6 Å². The smallest absolute Gasteiger partial charge is 0.266 e. The summed E-state index contributed by atoms with van der Waals surface area (Å²) >= 11 is 0. The van der Waals surface area contributed by atoms with Gasteiger partial charge in [-0.05, 0) is 25.1 Å². The topological polar surface area (TPSA) is 65.2 Å². The lowest BCUT2D eigenvalue weighted by Crippen LogP contribution is -2.44. The molecular formula is C14H13FN2O2. The molecule has 4 nitrogen and oxygen atoms in total. The molecular weight excluding hydrogens is 247 g/mol. The van der Waals surface area contributed by atoms with E-state index in [1.54, 1.807) is 24.4 Å². The maximum absolute atomic E-state index is 13.8. The first-order chi connectivity index (χ1) is 9.04. The molecule has 19 heavy (non-hydrogen) atoms. The number of ether oxygens (including phenoxy) is 1. The Kier molecular flexibility index (Phi) is 3.46. The van der Waals surface area contributed by atoms with E-state index in [9.17, 15) is 9.18 Å². The van der Waals surface area contributed by atoms with Gasteiger partial charge in [-0.15, -0.1) is 0 Å². The summed E-state index contributed by atoms with van der Waals surface area (Å²) in [4.78, 5) is 15.6. The standard InChI is InChI=1S/C14H13FN2O2/c1-14(13(16)18,11-6-2-3-7-12(11)15)19-10-5-4-8-17-9-10/h2-9H,1H3,(H2,16,18). The number of pyridine rings is 1. The van der Waals surface area contributed by atoms with Crippen LogP contribution in [0.5, 0.6) is 5.75 Å². The number of aromatic nitrogens is 1. The van der Waals surface area contributed by atoms with Gasteiger partial charge in [0.2, 0.25) is 5.60 Å². The summed E-state index contributed by atoms with van der Waals surface area (Å²) in [5.41, 5.74) is 3.87. The summed E-state index contributed by atoms with van der Waals surface area (Å²) in [6.07, 6.45) is 3.00. The van der Waals surface area contributed by atoms with Crippen molar-refractivity contribution in [3.05, 3.63) is 60.2 Å². The highest BCUT2D eigenvalue weighted by atomic mass is 19.1. The highest BCUT2D eigenvalue weighted by molar-refractivity contribution is 5.85. The van der Waals surface area contributed by atoms with E-state index in [0.717, 1.165) is 0 Å². The zero-order valence-electron chi connectivity index (χ0n) is 10.3. The Hall–Kier alpha value is -2.43. The Morgan fingerprint density at radius 3 is 2.63 bits per heavy atom. The van der Waals surface area contributed by atoms with Crippen molar-refractivity contribution < 1.29 is 13.9 Å². The first-order valence-electron chi connectivity index (χ1n) is 5.68. The lowest BCUT2D eigenvalue weighted by molar-refractivity contribution is -0.133. The number of nitrogens with zero attached hydrogens (tertiary/aromatic N) is 1. The minimum Gasteiger partial charge on any atom is -0.471 e. The average Bonchev–Trinajstić information content (AvgIpc) is 2.40. The maximum atomic E-state index is 13.8. The molecule has 0 saturated heterocycles. The quantitative estimate of drug-likeness (QED) is 0.914. The van der Waals surface area contributed by atoms with E-state index in [2.05, 4.69) is 4.98 Å². The van der Waals surface area contributed by atoms with Crippen molar-refractivity contribution in [1.82, 2.24) is 4.98 Å². The third kappa shape index (κ3) is 2.54. The van der Waals surface area contributed by atoms with Crippen LogP contribution < -0.4 is 10.5 Å². The van der Waals surface area contributed by atoms with E-state index in [0.29, 0.717) is 5.75 Å². The molecule has 2 aromatic rings. The summed E-state index contributed by atoms with van der Waals surface area (Å²) in [5, 5.41) is 0. The van der Waals surface area contributed by atoms with Crippen molar-refractivity contribution in [2.75, 3.05) is 0 Å². The Morgan fingerprint density at radius 2 is 2.05 bits per heavy atom. The van der Waals surface area contributed by atoms with E-state index >= 15 is 0 Å². The Balaban J connectivity index is 2.45. The van der Waals surface area contributed by atoms with Crippen LogP contribution in [0.2, 0.25) is 0 Å². The normalized spacial score (nSPS) is 13.6. The van der Waals surface area contributed by atoms with Crippen LogP contribution in [0.3, 0.4) is 0 Å². The molecule has 98 valence electrons. The number of benzene rings is 1. The molecule has 1 unspecified atom stereocenters. The van der Waals surface area contributed by atoms with Crippen molar-refractivity contribution in [1.29, 1.82) is 0 Å². The van der Waals surface area contributed by atoms with Crippen LogP contribution in [0.1, 0.15) is 12.5 Å². The minimum atomic E-state index is -1.59. The van der Waals surface area contributed by atoms with Gasteiger partial charge in [0.05, 0.1) is 6.20 Å². The van der Waals surface area contributed by atoms with Gasteiger partial charge < -0.3 is 10.5 Å². The maximum Gasteiger partial charge on any atom is 0.266 e. The van der Waals surface area contributed by atoms with Gasteiger partial charge in [0, 0.05) is 11.8 Å². The van der Waals surface area contributed by atoms with E-state index in [4.69, 9.17) is 10.5 Å². The molecule has 0 aliphatic carbocycles. The van der Waals surface area contributed by atoms with Crippen LogP contribution in [0.4, 0.5) is 4.39 Å². The van der Waals surface area contributed by atoms with Crippen LogP contribution in [-0.4, -0.2) is 10.9 Å². The number of carbonyl (C=O) groups is 1. The molecule has 0 radical (unpaired) electrons. The Labute approximate surface area is 110 Å². The van der Waals surface area contributed by atoms with E-state index in [-0.39, 0.29) is 5.56 Å². The van der Waals surface area contributed by atoms with Crippen molar-refractivity contribution in [2.24, 2.45) is 5.73 Å². The fourth-order valence-corrected chi connectivity index (χ4v) is 1.73. The van der Waals surface area contributed by atoms with Gasteiger partial charge in [-0.25, -0.2) is 4.39 Å². The Morgan fingerprint density at radius 1 is 1.32 bits per heavy atom. The van der Waals surface area contributed by atoms with Gasteiger partial charge in [0.25, 0.3) is 5.91 Å². The lowest BCUT2D eigenvalue weighted by atomic mass is 9.94. The van der Waals surface area contributed by atoms with Crippen molar-refractivity contribution in [3.63, 3.8) is 0 Å². The summed E-state index contributed by atoms with van der Waals surface area (Å²) in [7, 11) is 0. The molecule has 0 bridgehead atoms. The molecule has 1 aromatic carbocycles. The second-order valence-corrected chi connectivity index (χ2v) is 4.17. The first-order valence-corrected chi connectivity index (χ1v) is 5.68. The molecule has 1 aromatic heterocycles. The van der Waals surface area contributed by atoms with E-state index in [1.165, 1.54) is 31.3 Å². The van der Waals surface area contributed by atoms with E-state index in [1.807, 2.05) is 0 Å². The number of nitrogens with two attached hydrogens (primary N) is 1. The molecule has 1 heterocycles. The second-order valence-electron chi connectivity index (χ2n) is 4.17. The number of primary amides is 1. The number of rotatable bonds is 4. The second kappa shape index (κ2) is 5.06. The van der Waals surface area contributed by atoms with Crippen molar-refractivity contribution in [3.8, 4) is 5.75 Å². The molecule has 1 amide bonds. The monoisotopic (exact) mass is 260 g/mol. The number of carbonyl (C=O) groups excluding carboxylic acids is 1. The van der Waals surface area contributed by atoms with Crippen LogP contribution in [0, 0.1) is 5.82 Å². The van der Waals surface area contributed by atoms with Gasteiger partial charge in [0.15, 0.2) is 0 Å². The molecule has 0 aliphatic rings. The number of amides is 1. The lowest BCUT2D eigenvalue weighted by Gasteiger charge is -2.28. The van der Waals surface area contributed by atoms with Crippen molar-refractivity contribution >= 4 is 5.91 Å². The summed E-state index contributed by atoms with van der Waals surface area (Å²) in [6.45, 7) is 1.43. The molecule has 0 fully saturated rings. The van der Waals surface area contributed by atoms with Crippen LogP contribution >= 0.6 is 0 Å². The zero-order chi connectivity index (χ0) is 13.9.